The van der Waals surface area contributed by atoms with Crippen LogP contribution in [-0.2, 0) is 4.79 Å². The Bertz CT molecular complexity index is 550. The molecular formula is C12H16N2O5. The number of nitrogens with one attached hydrogen (secondary N) is 2. The number of H-pyrrole nitrogens is 1. The van der Waals surface area contributed by atoms with Crippen LogP contribution < -0.4 is 10.9 Å². The number of hydrogen-bond donors (Lipinski definition) is 4. The SMILES string of the molecule is Cc1cc(C)c(C(=O)N[C@H](CCO)C(=O)O)c(=O)[nH]1. The number of aliphatic carboxylic acids is 1. The number of carbonyl (C=O) groups excluding carboxylic acids is 1. The van der Waals surface area contributed by atoms with Gasteiger partial charge in [-0.1, -0.05) is 0 Å². The van der Waals surface area contributed by atoms with Crippen molar-refractivity contribution >= 4 is 11.9 Å². The van der Waals surface area contributed by atoms with Crippen molar-refractivity contribution in [1.29, 1.82) is 0 Å². The fourth-order valence-corrected chi connectivity index (χ4v) is 1.75. The van der Waals surface area contributed by atoms with Gasteiger partial charge < -0.3 is 20.5 Å². The van der Waals surface area contributed by atoms with E-state index in [1.165, 1.54) is 0 Å². The second-order valence-corrected chi connectivity index (χ2v) is 4.22. The van der Waals surface area contributed by atoms with Gasteiger partial charge in [-0.15, -0.1) is 0 Å². The molecule has 0 saturated carbocycles. The molecule has 104 valence electrons. The van der Waals surface area contributed by atoms with Crippen molar-refractivity contribution in [2.24, 2.45) is 0 Å². The molecule has 7 nitrogen and oxygen atoms in total. The van der Waals surface area contributed by atoms with Crippen LogP contribution in [0, 0.1) is 13.8 Å². The Morgan fingerprint density at radius 1 is 1.42 bits per heavy atom. The van der Waals surface area contributed by atoms with Crippen molar-refractivity contribution in [2.45, 2.75) is 26.3 Å². The summed E-state index contributed by atoms with van der Waals surface area (Å²) in [6.07, 6.45) is -0.121. The Morgan fingerprint density at radius 3 is 2.53 bits per heavy atom. The first-order valence-electron chi connectivity index (χ1n) is 5.72. The molecule has 1 amide bonds. The molecule has 0 aliphatic carbocycles. The minimum atomic E-state index is -1.26. The third-order valence-corrected chi connectivity index (χ3v) is 2.61. The van der Waals surface area contributed by atoms with Crippen LogP contribution in [0.5, 0.6) is 0 Å². The third kappa shape index (κ3) is 3.65. The van der Waals surface area contributed by atoms with Gasteiger partial charge in [0.2, 0.25) is 0 Å². The van der Waals surface area contributed by atoms with Gasteiger partial charge in [0.15, 0.2) is 0 Å². The standard InChI is InChI=1S/C12H16N2O5/c1-6-5-7(2)13-10(16)9(6)11(17)14-8(3-4-15)12(18)19/h5,8,15H,3-4H2,1-2H3,(H,13,16)(H,14,17)(H,18,19)/t8-/m1/s1. The van der Waals surface area contributed by atoms with Crippen molar-refractivity contribution < 1.29 is 19.8 Å². The quantitative estimate of drug-likeness (QED) is 0.577. The van der Waals surface area contributed by atoms with Crippen molar-refractivity contribution in [2.75, 3.05) is 6.61 Å². The van der Waals surface area contributed by atoms with Crippen LogP contribution in [0.3, 0.4) is 0 Å². The topological polar surface area (TPSA) is 119 Å². The van der Waals surface area contributed by atoms with Crippen molar-refractivity contribution in [3.05, 3.63) is 33.2 Å². The van der Waals surface area contributed by atoms with Crippen LogP contribution in [0.4, 0.5) is 0 Å². The molecule has 1 aromatic rings. The highest BCUT2D eigenvalue weighted by Crippen LogP contribution is 2.04. The Hall–Kier alpha value is -2.15. The fourth-order valence-electron chi connectivity index (χ4n) is 1.75. The lowest BCUT2D eigenvalue weighted by Crippen LogP contribution is -2.43. The molecule has 0 unspecified atom stereocenters. The largest absolute Gasteiger partial charge is 0.480 e. The summed E-state index contributed by atoms with van der Waals surface area (Å²) in [7, 11) is 0. The van der Waals surface area contributed by atoms with Gasteiger partial charge >= 0.3 is 5.97 Å². The number of aliphatic hydroxyl groups excluding tert-OH is 1. The summed E-state index contributed by atoms with van der Waals surface area (Å²) >= 11 is 0. The fraction of sp³-hybridized carbons (Fsp3) is 0.417. The molecule has 1 rings (SSSR count). The zero-order chi connectivity index (χ0) is 14.6. The Morgan fingerprint density at radius 2 is 2.05 bits per heavy atom. The number of aryl methyl sites for hydroxylation is 2. The van der Waals surface area contributed by atoms with E-state index in [1.54, 1.807) is 19.9 Å². The van der Waals surface area contributed by atoms with Crippen LogP contribution in [0.1, 0.15) is 28.0 Å². The van der Waals surface area contributed by atoms with E-state index in [0.717, 1.165) is 0 Å². The number of carboxylic acids is 1. The van der Waals surface area contributed by atoms with E-state index in [0.29, 0.717) is 11.3 Å². The second-order valence-electron chi connectivity index (χ2n) is 4.22. The van der Waals surface area contributed by atoms with E-state index in [4.69, 9.17) is 10.2 Å². The maximum Gasteiger partial charge on any atom is 0.326 e. The maximum absolute atomic E-state index is 11.9. The van der Waals surface area contributed by atoms with Gasteiger partial charge in [0, 0.05) is 18.7 Å². The smallest absolute Gasteiger partial charge is 0.326 e. The van der Waals surface area contributed by atoms with Gasteiger partial charge in [-0.25, -0.2) is 4.79 Å². The molecule has 0 saturated heterocycles. The zero-order valence-corrected chi connectivity index (χ0v) is 10.7. The Labute approximate surface area is 109 Å². The summed E-state index contributed by atoms with van der Waals surface area (Å²) in [6.45, 7) is 2.90. The number of aromatic nitrogens is 1. The molecule has 1 aromatic heterocycles. The molecule has 19 heavy (non-hydrogen) atoms. The van der Waals surface area contributed by atoms with Crippen LogP contribution in [0.2, 0.25) is 0 Å². The molecule has 1 heterocycles. The summed E-state index contributed by atoms with van der Waals surface area (Å²) in [5.74, 6) is -2.02. The molecule has 1 atom stereocenters. The predicted octanol–water partition coefficient (Wildman–Crippen LogP) is -0.443. The van der Waals surface area contributed by atoms with Crippen LogP contribution in [-0.4, -0.2) is 39.7 Å². The number of aromatic amines is 1. The van der Waals surface area contributed by atoms with Crippen molar-refractivity contribution in [3.63, 3.8) is 0 Å². The number of carbonyl (C=O) groups is 2. The average Bonchev–Trinajstić information content (AvgIpc) is 2.26. The number of amides is 1. The molecule has 0 aliphatic rings. The van der Waals surface area contributed by atoms with Crippen LogP contribution in [0.25, 0.3) is 0 Å². The highest BCUT2D eigenvalue weighted by molar-refractivity contribution is 5.97. The molecule has 4 N–H and O–H groups in total. The maximum atomic E-state index is 11.9. The van der Waals surface area contributed by atoms with Gasteiger partial charge in [-0.2, -0.15) is 0 Å². The van der Waals surface area contributed by atoms with Gasteiger partial charge in [-0.05, 0) is 25.5 Å². The Balaban J connectivity index is 3.01. The molecule has 0 spiro atoms. The zero-order valence-electron chi connectivity index (χ0n) is 10.7. The lowest BCUT2D eigenvalue weighted by Gasteiger charge is -2.14. The van der Waals surface area contributed by atoms with E-state index >= 15 is 0 Å². The molecule has 0 radical (unpaired) electrons. The first-order valence-corrected chi connectivity index (χ1v) is 5.72. The van der Waals surface area contributed by atoms with E-state index in [-0.39, 0.29) is 18.6 Å². The molecule has 0 fully saturated rings. The molecule has 7 heteroatoms. The minimum absolute atomic E-state index is 0.116. The number of carboxylic acid groups (broad SMARTS) is 1. The first-order chi connectivity index (χ1) is 8.86. The summed E-state index contributed by atoms with van der Waals surface area (Å²) in [4.78, 5) is 37.0. The third-order valence-electron chi connectivity index (χ3n) is 2.61. The predicted molar refractivity (Wildman–Crippen MR) is 67.1 cm³/mol. The summed E-state index contributed by atoms with van der Waals surface area (Å²) < 4.78 is 0. The summed E-state index contributed by atoms with van der Waals surface area (Å²) in [5, 5.41) is 19.8. The van der Waals surface area contributed by atoms with E-state index in [2.05, 4.69) is 10.3 Å². The minimum Gasteiger partial charge on any atom is -0.480 e. The van der Waals surface area contributed by atoms with Crippen LogP contribution in [0.15, 0.2) is 10.9 Å². The number of pyridine rings is 1. The second kappa shape index (κ2) is 6.14. The van der Waals surface area contributed by atoms with Crippen LogP contribution >= 0.6 is 0 Å². The molecule has 0 bridgehead atoms. The molecule has 0 aliphatic heterocycles. The van der Waals surface area contributed by atoms with E-state index < -0.39 is 23.5 Å². The van der Waals surface area contributed by atoms with Gasteiger partial charge in [0.1, 0.15) is 11.6 Å². The Kier molecular flexibility index (Phi) is 4.82. The lowest BCUT2D eigenvalue weighted by atomic mass is 10.1. The average molecular weight is 268 g/mol. The number of aliphatic hydroxyl groups is 1. The van der Waals surface area contributed by atoms with E-state index in [9.17, 15) is 14.4 Å². The summed E-state index contributed by atoms with van der Waals surface area (Å²) in [5.41, 5.74) is 0.397. The monoisotopic (exact) mass is 268 g/mol. The van der Waals surface area contributed by atoms with E-state index in [1.807, 2.05) is 0 Å². The lowest BCUT2D eigenvalue weighted by molar-refractivity contribution is -0.139. The van der Waals surface area contributed by atoms with Gasteiger partial charge in [0.25, 0.3) is 11.5 Å². The first kappa shape index (κ1) is 14.9. The highest BCUT2D eigenvalue weighted by atomic mass is 16.4. The summed E-state index contributed by atoms with van der Waals surface area (Å²) in [6, 6.07) is 0.399. The molecule has 0 aromatic carbocycles. The van der Waals surface area contributed by atoms with Gasteiger partial charge in [-0.3, -0.25) is 9.59 Å². The van der Waals surface area contributed by atoms with Crippen molar-refractivity contribution in [1.82, 2.24) is 10.3 Å². The van der Waals surface area contributed by atoms with Crippen molar-refractivity contribution in [3.8, 4) is 0 Å². The highest BCUT2D eigenvalue weighted by Gasteiger charge is 2.22. The number of rotatable bonds is 5. The molecular weight excluding hydrogens is 252 g/mol. The van der Waals surface area contributed by atoms with Gasteiger partial charge in [0.05, 0.1) is 0 Å². The normalized spacial score (nSPS) is 11.9. The number of hydrogen-bond acceptors (Lipinski definition) is 4.